The van der Waals surface area contributed by atoms with Crippen molar-refractivity contribution in [3.05, 3.63) is 16.1 Å². The van der Waals surface area contributed by atoms with Crippen molar-refractivity contribution in [2.75, 3.05) is 13.1 Å². The van der Waals surface area contributed by atoms with Crippen LogP contribution in [0.5, 0.6) is 0 Å². The third-order valence-electron chi connectivity index (χ3n) is 1.98. The maximum absolute atomic E-state index is 12.0. The molecule has 5 heteroatoms. The highest BCUT2D eigenvalue weighted by Crippen LogP contribution is 2.15. The summed E-state index contributed by atoms with van der Waals surface area (Å²) < 4.78 is 0. The lowest BCUT2D eigenvalue weighted by molar-refractivity contribution is 0.0780. The van der Waals surface area contributed by atoms with Gasteiger partial charge in [-0.25, -0.2) is 4.98 Å². The Bertz CT molecular complexity index is 380. The summed E-state index contributed by atoms with van der Waals surface area (Å²) in [6, 6.07) is 2.00. The zero-order chi connectivity index (χ0) is 11.3. The molecule has 0 bridgehead atoms. The van der Waals surface area contributed by atoms with Gasteiger partial charge in [-0.05, 0) is 13.3 Å². The van der Waals surface area contributed by atoms with E-state index in [4.69, 9.17) is 5.26 Å². The molecule has 1 rings (SSSR count). The van der Waals surface area contributed by atoms with E-state index in [0.717, 1.165) is 12.1 Å². The van der Waals surface area contributed by atoms with Crippen LogP contribution in [0.25, 0.3) is 0 Å². The van der Waals surface area contributed by atoms with E-state index in [9.17, 15) is 4.79 Å². The minimum Gasteiger partial charge on any atom is -0.325 e. The second-order valence-electron chi connectivity index (χ2n) is 3.15. The largest absolute Gasteiger partial charge is 0.325 e. The van der Waals surface area contributed by atoms with Crippen LogP contribution in [-0.2, 0) is 0 Å². The van der Waals surface area contributed by atoms with Crippen LogP contribution in [0.15, 0.2) is 5.51 Å². The molecule has 0 radical (unpaired) electrons. The molecule has 1 heterocycles. The van der Waals surface area contributed by atoms with Crippen molar-refractivity contribution < 1.29 is 4.79 Å². The number of carbonyl (C=O) groups is 1. The Hall–Kier alpha value is -1.41. The van der Waals surface area contributed by atoms with Gasteiger partial charge in [-0.1, -0.05) is 6.92 Å². The van der Waals surface area contributed by atoms with Crippen LogP contribution in [-0.4, -0.2) is 28.9 Å². The molecule has 0 saturated carbocycles. The van der Waals surface area contributed by atoms with Gasteiger partial charge < -0.3 is 4.90 Å². The molecule has 4 nitrogen and oxygen atoms in total. The van der Waals surface area contributed by atoms with E-state index in [2.05, 4.69) is 4.98 Å². The molecule has 0 N–H and O–H groups in total. The van der Waals surface area contributed by atoms with Crippen LogP contribution in [0, 0.1) is 18.3 Å². The van der Waals surface area contributed by atoms with Crippen molar-refractivity contribution in [1.29, 1.82) is 5.26 Å². The van der Waals surface area contributed by atoms with E-state index in [1.165, 1.54) is 11.3 Å². The predicted molar refractivity (Wildman–Crippen MR) is 58.7 cm³/mol. The molecule has 0 atom stereocenters. The van der Waals surface area contributed by atoms with E-state index in [1.807, 2.05) is 13.0 Å². The first kappa shape index (κ1) is 11.7. The number of hydrogen-bond acceptors (Lipinski definition) is 4. The van der Waals surface area contributed by atoms with Crippen molar-refractivity contribution >= 4 is 17.2 Å². The molecule has 1 aromatic heterocycles. The van der Waals surface area contributed by atoms with Crippen molar-refractivity contribution in [1.82, 2.24) is 9.88 Å². The van der Waals surface area contributed by atoms with Crippen LogP contribution >= 0.6 is 11.3 Å². The molecule has 0 fully saturated rings. The number of nitriles is 1. The second-order valence-corrected chi connectivity index (χ2v) is 4.01. The highest BCUT2D eigenvalue weighted by atomic mass is 32.1. The summed E-state index contributed by atoms with van der Waals surface area (Å²) in [6.45, 7) is 4.55. The first-order valence-electron chi connectivity index (χ1n) is 4.77. The van der Waals surface area contributed by atoms with Crippen molar-refractivity contribution in [3.63, 3.8) is 0 Å². The average molecular weight is 223 g/mol. The van der Waals surface area contributed by atoms with E-state index < -0.39 is 0 Å². The smallest absolute Gasteiger partial charge is 0.266 e. The van der Waals surface area contributed by atoms with Gasteiger partial charge in [0.25, 0.3) is 5.91 Å². The van der Waals surface area contributed by atoms with E-state index >= 15 is 0 Å². The predicted octanol–water partition coefficient (Wildman–Crippen LogP) is 1.83. The van der Waals surface area contributed by atoms with Gasteiger partial charge in [-0.15, -0.1) is 11.3 Å². The number of hydrogen-bond donors (Lipinski definition) is 0. The summed E-state index contributed by atoms with van der Waals surface area (Å²) in [5, 5.41) is 8.62. The lowest BCUT2D eigenvalue weighted by Crippen LogP contribution is -2.32. The Morgan fingerprint density at radius 1 is 1.73 bits per heavy atom. The molecule has 0 aliphatic heterocycles. The first-order chi connectivity index (χ1) is 7.20. The average Bonchev–Trinajstić information content (AvgIpc) is 2.63. The van der Waals surface area contributed by atoms with Crippen LogP contribution in [0.3, 0.4) is 0 Å². The fourth-order valence-electron chi connectivity index (χ4n) is 1.26. The van der Waals surface area contributed by atoms with Crippen LogP contribution < -0.4 is 0 Å². The second kappa shape index (κ2) is 5.47. The number of amides is 1. The number of nitrogens with zero attached hydrogens (tertiary/aromatic N) is 3. The number of thiazole rings is 1. The molecule has 1 aromatic rings. The van der Waals surface area contributed by atoms with E-state index in [-0.39, 0.29) is 12.5 Å². The van der Waals surface area contributed by atoms with Crippen LogP contribution in [0.1, 0.15) is 28.7 Å². The summed E-state index contributed by atoms with van der Waals surface area (Å²) in [5.74, 6) is -0.0848. The molecule has 1 amide bonds. The Balaban J connectivity index is 2.81. The summed E-state index contributed by atoms with van der Waals surface area (Å²) in [5.41, 5.74) is 2.39. The van der Waals surface area contributed by atoms with Gasteiger partial charge in [0.05, 0.1) is 17.3 Å². The Morgan fingerprint density at radius 3 is 2.93 bits per heavy atom. The Labute approximate surface area is 93.2 Å². The fourth-order valence-corrected chi connectivity index (χ4v) is 2.03. The number of carbonyl (C=O) groups excluding carboxylic acids is 1. The topological polar surface area (TPSA) is 57.0 Å². The maximum atomic E-state index is 12.0. The summed E-state index contributed by atoms with van der Waals surface area (Å²) in [7, 11) is 0. The lowest BCUT2D eigenvalue weighted by atomic mass is 10.3. The number of rotatable bonds is 4. The minimum absolute atomic E-state index is 0.0848. The summed E-state index contributed by atoms with van der Waals surface area (Å²) >= 11 is 1.33. The minimum atomic E-state index is -0.0848. The summed E-state index contributed by atoms with van der Waals surface area (Å²) in [6.07, 6.45) is 0.852. The van der Waals surface area contributed by atoms with Gasteiger partial charge in [-0.3, -0.25) is 4.79 Å². The molecule has 0 aromatic carbocycles. The van der Waals surface area contributed by atoms with Crippen molar-refractivity contribution in [2.24, 2.45) is 0 Å². The monoisotopic (exact) mass is 223 g/mol. The van der Waals surface area contributed by atoms with Crippen molar-refractivity contribution in [2.45, 2.75) is 20.3 Å². The number of aromatic nitrogens is 1. The highest BCUT2D eigenvalue weighted by Gasteiger charge is 2.18. The lowest BCUT2D eigenvalue weighted by Gasteiger charge is -2.17. The zero-order valence-electron chi connectivity index (χ0n) is 8.86. The molecular formula is C10H13N3OS. The van der Waals surface area contributed by atoms with Gasteiger partial charge in [-0.2, -0.15) is 5.26 Å². The van der Waals surface area contributed by atoms with Gasteiger partial charge in [0.15, 0.2) is 0 Å². The highest BCUT2D eigenvalue weighted by molar-refractivity contribution is 7.11. The quantitative estimate of drug-likeness (QED) is 0.732. The molecule has 80 valence electrons. The molecule has 0 unspecified atom stereocenters. The molecule has 0 saturated heterocycles. The molecule has 0 aliphatic rings. The van der Waals surface area contributed by atoms with Crippen LogP contribution in [0.2, 0.25) is 0 Å². The van der Waals surface area contributed by atoms with Gasteiger partial charge in [0.1, 0.15) is 11.4 Å². The third kappa shape index (κ3) is 2.77. The van der Waals surface area contributed by atoms with Crippen molar-refractivity contribution in [3.8, 4) is 6.07 Å². The Kier molecular flexibility index (Phi) is 4.25. The third-order valence-corrected chi connectivity index (χ3v) is 2.90. The maximum Gasteiger partial charge on any atom is 0.266 e. The van der Waals surface area contributed by atoms with Gasteiger partial charge in [0, 0.05) is 6.54 Å². The fraction of sp³-hybridized carbons (Fsp3) is 0.500. The van der Waals surface area contributed by atoms with Crippen LogP contribution in [0.4, 0.5) is 0 Å². The molecular weight excluding hydrogens is 210 g/mol. The molecule has 0 spiro atoms. The number of aryl methyl sites for hydroxylation is 1. The SMILES string of the molecule is CCCN(CC#N)C(=O)c1scnc1C. The standard InChI is InChI=1S/C10H13N3OS/c1-3-5-13(6-4-11)10(14)9-8(2)12-7-15-9/h7H,3,5-6H2,1-2H3. The first-order valence-corrected chi connectivity index (χ1v) is 5.65. The van der Waals surface area contributed by atoms with E-state index in [0.29, 0.717) is 11.4 Å². The zero-order valence-corrected chi connectivity index (χ0v) is 9.67. The van der Waals surface area contributed by atoms with Gasteiger partial charge >= 0.3 is 0 Å². The summed E-state index contributed by atoms with van der Waals surface area (Å²) in [4.78, 5) is 18.2. The molecule has 0 aliphatic carbocycles. The van der Waals surface area contributed by atoms with E-state index in [1.54, 1.807) is 17.3 Å². The molecule has 15 heavy (non-hydrogen) atoms. The van der Waals surface area contributed by atoms with Gasteiger partial charge in [0.2, 0.25) is 0 Å². The Morgan fingerprint density at radius 2 is 2.47 bits per heavy atom. The normalized spacial score (nSPS) is 9.67.